The molecule has 2 aromatic carbocycles. The van der Waals surface area contributed by atoms with Crippen LogP contribution in [0.4, 0.5) is 13.2 Å². The average molecular weight is 507 g/mol. The second-order valence-electron chi connectivity index (χ2n) is 9.52. The van der Waals surface area contributed by atoms with Gasteiger partial charge in [-0.25, -0.2) is 4.79 Å². The second kappa shape index (κ2) is 9.50. The summed E-state index contributed by atoms with van der Waals surface area (Å²) in [6.45, 7) is 3.86. The molecule has 0 saturated heterocycles. The van der Waals surface area contributed by atoms with Crippen LogP contribution in [0.1, 0.15) is 54.0 Å². The van der Waals surface area contributed by atoms with E-state index in [-0.39, 0.29) is 24.5 Å². The Labute approximate surface area is 212 Å². The van der Waals surface area contributed by atoms with Crippen molar-refractivity contribution in [1.29, 1.82) is 0 Å². The highest BCUT2D eigenvalue weighted by Crippen LogP contribution is 2.45. The van der Waals surface area contributed by atoms with Gasteiger partial charge in [-0.2, -0.15) is 13.2 Å². The van der Waals surface area contributed by atoms with Gasteiger partial charge in [0, 0.05) is 17.7 Å². The summed E-state index contributed by atoms with van der Waals surface area (Å²) < 4.78 is 44.2. The third-order valence-corrected chi connectivity index (χ3v) is 7.17. The van der Waals surface area contributed by atoms with Crippen LogP contribution in [0, 0.1) is 0 Å². The number of carbonyl (C=O) groups excluding carboxylic acids is 2. The first-order valence-corrected chi connectivity index (χ1v) is 12.1. The van der Waals surface area contributed by atoms with E-state index in [0.717, 1.165) is 40.9 Å². The lowest BCUT2D eigenvalue weighted by atomic mass is 9.74. The lowest BCUT2D eigenvalue weighted by Gasteiger charge is -2.42. The quantitative estimate of drug-likeness (QED) is 0.320. The van der Waals surface area contributed by atoms with Crippen molar-refractivity contribution >= 4 is 11.9 Å². The Bertz CT molecular complexity index is 1320. The molecule has 2 aliphatic carbocycles. The summed E-state index contributed by atoms with van der Waals surface area (Å²) in [5.74, 6) is -1.23. The SMILES string of the molecule is C=C(CC(=O)NC1(c2ccc(C(F)(F)F)cn2)CCC1)C(=O)OCC1c2ccccc2-c2ccccc21. The van der Waals surface area contributed by atoms with E-state index in [0.29, 0.717) is 18.5 Å². The summed E-state index contributed by atoms with van der Waals surface area (Å²) in [5, 5.41) is 2.86. The molecule has 1 saturated carbocycles. The van der Waals surface area contributed by atoms with Crippen LogP contribution in [0.25, 0.3) is 11.1 Å². The molecule has 1 aromatic heterocycles. The smallest absolute Gasteiger partial charge is 0.417 e. The summed E-state index contributed by atoms with van der Waals surface area (Å²) in [7, 11) is 0. The molecule has 2 aliphatic rings. The summed E-state index contributed by atoms with van der Waals surface area (Å²) in [4.78, 5) is 29.4. The normalized spacial score (nSPS) is 15.8. The van der Waals surface area contributed by atoms with Gasteiger partial charge >= 0.3 is 12.1 Å². The molecule has 1 heterocycles. The molecule has 8 heteroatoms. The Balaban J connectivity index is 1.20. The number of hydrogen-bond donors (Lipinski definition) is 1. The fourth-order valence-corrected chi connectivity index (χ4v) is 5.10. The van der Waals surface area contributed by atoms with Crippen molar-refractivity contribution in [3.05, 3.63) is 101 Å². The van der Waals surface area contributed by atoms with Crippen molar-refractivity contribution in [3.8, 4) is 11.1 Å². The Hall–Kier alpha value is -3.94. The van der Waals surface area contributed by atoms with Crippen LogP contribution in [0.3, 0.4) is 0 Å². The molecule has 0 aliphatic heterocycles. The number of benzene rings is 2. The molecule has 3 aromatic rings. The van der Waals surface area contributed by atoms with Crippen molar-refractivity contribution in [2.75, 3.05) is 6.61 Å². The Kier molecular flexibility index (Phi) is 6.35. The minimum Gasteiger partial charge on any atom is -0.461 e. The molecule has 5 rings (SSSR count). The molecule has 190 valence electrons. The van der Waals surface area contributed by atoms with Gasteiger partial charge in [0.1, 0.15) is 6.61 Å². The lowest BCUT2D eigenvalue weighted by molar-refractivity contribution is -0.140. The second-order valence-corrected chi connectivity index (χ2v) is 9.52. The van der Waals surface area contributed by atoms with Crippen LogP contribution in [0.15, 0.2) is 79.0 Å². The van der Waals surface area contributed by atoms with Crippen LogP contribution in [-0.4, -0.2) is 23.5 Å². The number of pyridine rings is 1. The van der Waals surface area contributed by atoms with Gasteiger partial charge in [0.25, 0.3) is 0 Å². The third kappa shape index (κ3) is 4.75. The number of nitrogens with one attached hydrogen (secondary N) is 1. The largest absolute Gasteiger partial charge is 0.461 e. The predicted octanol–water partition coefficient (Wildman–Crippen LogP) is 5.90. The van der Waals surface area contributed by atoms with Crippen LogP contribution in [0.5, 0.6) is 0 Å². The van der Waals surface area contributed by atoms with E-state index in [2.05, 4.69) is 16.9 Å². The van der Waals surface area contributed by atoms with Crippen molar-refractivity contribution in [2.45, 2.75) is 43.3 Å². The van der Waals surface area contributed by atoms with Gasteiger partial charge in [-0.15, -0.1) is 0 Å². The standard InChI is InChI=1S/C29H25F3N2O3/c1-18(15-26(35)34-28(13-6-14-28)25-12-11-19(16-33-25)29(30,31)32)27(36)37-17-24-22-9-4-2-7-20(22)21-8-3-5-10-23(21)24/h2-5,7-12,16,24H,1,6,13-15,17H2,(H,34,35). The molecule has 0 radical (unpaired) electrons. The molecule has 1 amide bonds. The highest BCUT2D eigenvalue weighted by Gasteiger charge is 2.42. The Morgan fingerprint density at radius 3 is 2.14 bits per heavy atom. The van der Waals surface area contributed by atoms with Gasteiger partial charge in [-0.05, 0) is 53.6 Å². The number of alkyl halides is 3. The maximum absolute atomic E-state index is 12.9. The number of ether oxygens (including phenoxy) is 1. The van der Waals surface area contributed by atoms with E-state index >= 15 is 0 Å². The zero-order valence-electron chi connectivity index (χ0n) is 20.0. The number of nitrogens with zero attached hydrogens (tertiary/aromatic N) is 1. The number of hydrogen-bond acceptors (Lipinski definition) is 4. The molecule has 5 nitrogen and oxygen atoms in total. The van der Waals surface area contributed by atoms with Crippen molar-refractivity contribution < 1.29 is 27.5 Å². The molecule has 37 heavy (non-hydrogen) atoms. The summed E-state index contributed by atoms with van der Waals surface area (Å²) >= 11 is 0. The fraction of sp³-hybridized carbons (Fsp3) is 0.276. The van der Waals surface area contributed by atoms with Crippen LogP contribution in [-0.2, 0) is 26.0 Å². The third-order valence-electron chi connectivity index (χ3n) is 7.17. The predicted molar refractivity (Wildman–Crippen MR) is 131 cm³/mol. The van der Waals surface area contributed by atoms with Crippen LogP contribution < -0.4 is 5.32 Å². The molecule has 0 spiro atoms. The van der Waals surface area contributed by atoms with Gasteiger partial charge in [0.2, 0.25) is 5.91 Å². The zero-order valence-corrected chi connectivity index (χ0v) is 20.0. The number of amides is 1. The van der Waals surface area contributed by atoms with Crippen molar-refractivity contribution in [1.82, 2.24) is 10.3 Å². The Morgan fingerprint density at radius 2 is 1.62 bits per heavy atom. The summed E-state index contributed by atoms with van der Waals surface area (Å²) in [6.07, 6.45) is -2.09. The molecular weight excluding hydrogens is 481 g/mol. The van der Waals surface area contributed by atoms with E-state index in [1.54, 1.807) is 0 Å². The highest BCUT2D eigenvalue weighted by molar-refractivity contribution is 5.95. The summed E-state index contributed by atoms with van der Waals surface area (Å²) in [5.41, 5.74) is 3.06. The molecule has 1 N–H and O–H groups in total. The minimum atomic E-state index is -4.48. The van der Waals surface area contributed by atoms with Crippen molar-refractivity contribution in [3.63, 3.8) is 0 Å². The number of aromatic nitrogens is 1. The van der Waals surface area contributed by atoms with Crippen LogP contribution >= 0.6 is 0 Å². The van der Waals surface area contributed by atoms with E-state index in [1.807, 2.05) is 48.5 Å². The number of esters is 1. The fourth-order valence-electron chi connectivity index (χ4n) is 5.10. The van der Waals surface area contributed by atoms with E-state index in [9.17, 15) is 22.8 Å². The number of rotatable bonds is 7. The number of carbonyl (C=O) groups is 2. The average Bonchev–Trinajstić information content (AvgIpc) is 3.18. The van der Waals surface area contributed by atoms with Crippen molar-refractivity contribution in [2.24, 2.45) is 0 Å². The maximum atomic E-state index is 12.9. The van der Waals surface area contributed by atoms with Gasteiger partial charge in [-0.3, -0.25) is 9.78 Å². The molecule has 1 fully saturated rings. The monoisotopic (exact) mass is 506 g/mol. The van der Waals surface area contributed by atoms with Gasteiger partial charge in [-0.1, -0.05) is 55.1 Å². The Morgan fingerprint density at radius 1 is 1.00 bits per heavy atom. The number of halogens is 3. The van der Waals surface area contributed by atoms with E-state index < -0.39 is 29.2 Å². The minimum absolute atomic E-state index is 0.00641. The van der Waals surface area contributed by atoms with Crippen LogP contribution in [0.2, 0.25) is 0 Å². The molecular formula is C29H25F3N2O3. The lowest BCUT2D eigenvalue weighted by Crippen LogP contribution is -2.51. The van der Waals surface area contributed by atoms with Gasteiger partial charge in [0.05, 0.1) is 23.2 Å². The zero-order chi connectivity index (χ0) is 26.2. The molecule has 0 unspecified atom stereocenters. The summed E-state index contributed by atoms with van der Waals surface area (Å²) in [6, 6.07) is 18.2. The molecule has 0 bridgehead atoms. The van der Waals surface area contributed by atoms with E-state index in [1.165, 1.54) is 6.07 Å². The first-order chi connectivity index (χ1) is 17.7. The maximum Gasteiger partial charge on any atom is 0.417 e. The highest BCUT2D eigenvalue weighted by atomic mass is 19.4. The topological polar surface area (TPSA) is 68.3 Å². The van der Waals surface area contributed by atoms with Gasteiger partial charge in [0.15, 0.2) is 0 Å². The molecule has 0 atom stereocenters. The first kappa shape index (κ1) is 24.7. The number of fused-ring (bicyclic) bond motifs is 3. The van der Waals surface area contributed by atoms with Gasteiger partial charge < -0.3 is 10.1 Å². The first-order valence-electron chi connectivity index (χ1n) is 12.1. The van der Waals surface area contributed by atoms with E-state index in [4.69, 9.17) is 4.74 Å².